The van der Waals surface area contributed by atoms with Gasteiger partial charge in [0.1, 0.15) is 0 Å². The van der Waals surface area contributed by atoms with Gasteiger partial charge in [-0.05, 0) is 68.8 Å². The molecule has 2 heterocycles. The first-order chi connectivity index (χ1) is 27.8. The number of fused-ring (bicyclic) bond motifs is 6. The van der Waals surface area contributed by atoms with Crippen LogP contribution in [-0.2, 0) is 5.41 Å². The fourth-order valence-corrected chi connectivity index (χ4v) is 9.99. The van der Waals surface area contributed by atoms with Gasteiger partial charge in [-0.15, -0.1) is 11.3 Å². The van der Waals surface area contributed by atoms with E-state index >= 15 is 0 Å². The number of hydrogen-bond donors (Lipinski definition) is 0. The molecule has 1 aliphatic rings. The Hall–Kier alpha value is -6.94. The Kier molecular flexibility index (Phi) is 7.61. The summed E-state index contributed by atoms with van der Waals surface area (Å²) in [4.78, 5) is 10.6. The second kappa shape index (κ2) is 13.1. The summed E-state index contributed by atoms with van der Waals surface area (Å²) in [5.74, 6) is 0.704. The van der Waals surface area contributed by atoms with Gasteiger partial charge in [-0.3, -0.25) is 0 Å². The Balaban J connectivity index is 1.11. The smallest absolute Gasteiger partial charge is 0.160 e. The van der Waals surface area contributed by atoms with Crippen molar-refractivity contribution in [3.05, 3.63) is 229 Å². The van der Waals surface area contributed by atoms with Crippen LogP contribution < -0.4 is 0 Å². The third-order valence-electron chi connectivity index (χ3n) is 11.4. The summed E-state index contributed by atoms with van der Waals surface area (Å²) in [6, 6.07) is 74.4. The van der Waals surface area contributed by atoms with E-state index in [0.29, 0.717) is 5.82 Å². The summed E-state index contributed by atoms with van der Waals surface area (Å²) >= 11 is 1.85. The summed E-state index contributed by atoms with van der Waals surface area (Å²) in [5, 5.41) is 2.62. The van der Waals surface area contributed by atoms with E-state index in [1.54, 1.807) is 0 Å². The highest BCUT2D eigenvalue weighted by Gasteiger charge is 2.47. The Morgan fingerprint density at radius 2 is 0.929 bits per heavy atom. The fourth-order valence-electron chi connectivity index (χ4n) is 8.91. The van der Waals surface area contributed by atoms with E-state index in [-0.39, 0.29) is 0 Å². The standard InChI is InChI=1S/C53H34N2S/c1-4-15-37(16-5-1)52-54-47(36-29-27-35(28-30-36)38-31-32-50-45(33-38)42-22-11-13-26-49(42)56-50)34-48(55-52)44-24-14-23-43-41-21-10-12-25-46(41)53(51(43)44,39-17-6-2-7-18-39)40-19-8-3-9-20-40/h1-34H. The van der Waals surface area contributed by atoms with E-state index in [0.717, 1.165) is 28.1 Å². The first-order valence-electron chi connectivity index (χ1n) is 19.1. The minimum Gasteiger partial charge on any atom is -0.228 e. The second-order valence-electron chi connectivity index (χ2n) is 14.5. The highest BCUT2D eigenvalue weighted by Crippen LogP contribution is 2.58. The van der Waals surface area contributed by atoms with Crippen LogP contribution in [0.2, 0.25) is 0 Å². The van der Waals surface area contributed by atoms with Crippen molar-refractivity contribution in [1.82, 2.24) is 9.97 Å². The zero-order chi connectivity index (χ0) is 37.1. The van der Waals surface area contributed by atoms with Gasteiger partial charge in [0, 0.05) is 36.9 Å². The average molecular weight is 731 g/mol. The molecular formula is C53H34N2S. The lowest BCUT2D eigenvalue weighted by atomic mass is 9.66. The van der Waals surface area contributed by atoms with Crippen LogP contribution in [0.1, 0.15) is 22.3 Å². The third-order valence-corrected chi connectivity index (χ3v) is 12.6. The Bertz CT molecular complexity index is 3020. The predicted molar refractivity (Wildman–Crippen MR) is 234 cm³/mol. The Labute approximate surface area is 330 Å². The average Bonchev–Trinajstić information content (AvgIpc) is 3.81. The van der Waals surface area contributed by atoms with Gasteiger partial charge in [-0.25, -0.2) is 9.97 Å². The fraction of sp³-hybridized carbons (Fsp3) is 0.0189. The molecule has 0 aliphatic heterocycles. The Morgan fingerprint density at radius 1 is 0.357 bits per heavy atom. The first-order valence-corrected chi connectivity index (χ1v) is 19.9. The molecule has 10 aromatic rings. The van der Waals surface area contributed by atoms with Crippen molar-refractivity contribution in [2.24, 2.45) is 0 Å². The molecule has 1 aliphatic carbocycles. The molecule has 0 radical (unpaired) electrons. The lowest BCUT2D eigenvalue weighted by Crippen LogP contribution is -2.29. The van der Waals surface area contributed by atoms with E-state index in [4.69, 9.17) is 9.97 Å². The van der Waals surface area contributed by atoms with Crippen LogP contribution in [-0.4, -0.2) is 9.97 Å². The second-order valence-corrected chi connectivity index (χ2v) is 15.6. The van der Waals surface area contributed by atoms with Gasteiger partial charge in [0.2, 0.25) is 0 Å². The van der Waals surface area contributed by atoms with Crippen LogP contribution in [0.15, 0.2) is 206 Å². The molecule has 0 atom stereocenters. The third kappa shape index (κ3) is 5.09. The molecule has 0 saturated heterocycles. The Morgan fingerprint density at radius 3 is 1.70 bits per heavy atom. The van der Waals surface area contributed by atoms with E-state index in [2.05, 4.69) is 200 Å². The maximum atomic E-state index is 5.40. The topological polar surface area (TPSA) is 25.8 Å². The highest BCUT2D eigenvalue weighted by atomic mass is 32.1. The maximum absolute atomic E-state index is 5.40. The normalized spacial score (nSPS) is 12.8. The lowest BCUT2D eigenvalue weighted by Gasteiger charge is -2.35. The van der Waals surface area contributed by atoms with Crippen molar-refractivity contribution in [3.63, 3.8) is 0 Å². The van der Waals surface area contributed by atoms with Crippen molar-refractivity contribution >= 4 is 31.5 Å². The van der Waals surface area contributed by atoms with E-state index < -0.39 is 5.41 Å². The molecule has 56 heavy (non-hydrogen) atoms. The van der Waals surface area contributed by atoms with Crippen LogP contribution in [0.3, 0.4) is 0 Å². The largest absolute Gasteiger partial charge is 0.228 e. The molecule has 0 spiro atoms. The van der Waals surface area contributed by atoms with Crippen molar-refractivity contribution in [1.29, 1.82) is 0 Å². The summed E-state index contributed by atoms with van der Waals surface area (Å²) < 4.78 is 2.63. The van der Waals surface area contributed by atoms with Crippen LogP contribution in [0, 0.1) is 0 Å². The zero-order valence-corrected chi connectivity index (χ0v) is 31.2. The quantitative estimate of drug-likeness (QED) is 0.170. The van der Waals surface area contributed by atoms with Crippen LogP contribution in [0.5, 0.6) is 0 Å². The van der Waals surface area contributed by atoms with Crippen LogP contribution in [0.25, 0.3) is 76.3 Å². The molecule has 8 aromatic carbocycles. The van der Waals surface area contributed by atoms with E-state index in [9.17, 15) is 0 Å². The van der Waals surface area contributed by atoms with Crippen molar-refractivity contribution in [2.45, 2.75) is 5.41 Å². The monoisotopic (exact) mass is 730 g/mol. The molecule has 0 bridgehead atoms. The molecule has 2 nitrogen and oxygen atoms in total. The first kappa shape index (κ1) is 32.5. The van der Waals surface area contributed by atoms with Gasteiger partial charge in [0.25, 0.3) is 0 Å². The van der Waals surface area contributed by atoms with Gasteiger partial charge >= 0.3 is 0 Å². The number of nitrogens with zero attached hydrogens (tertiary/aromatic N) is 2. The summed E-state index contributed by atoms with van der Waals surface area (Å²) in [7, 11) is 0. The molecule has 11 rings (SSSR count). The molecule has 0 amide bonds. The van der Waals surface area contributed by atoms with Crippen molar-refractivity contribution in [2.75, 3.05) is 0 Å². The number of thiophene rings is 1. The number of rotatable bonds is 6. The highest BCUT2D eigenvalue weighted by molar-refractivity contribution is 7.25. The van der Waals surface area contributed by atoms with Crippen molar-refractivity contribution in [3.8, 4) is 56.2 Å². The van der Waals surface area contributed by atoms with Crippen LogP contribution >= 0.6 is 11.3 Å². The van der Waals surface area contributed by atoms with Gasteiger partial charge in [-0.2, -0.15) is 0 Å². The number of aromatic nitrogens is 2. The molecule has 0 fully saturated rings. The molecule has 262 valence electrons. The van der Waals surface area contributed by atoms with Gasteiger partial charge in [0.05, 0.1) is 16.8 Å². The van der Waals surface area contributed by atoms with E-state index in [1.807, 2.05) is 17.4 Å². The minimum absolute atomic E-state index is 0.556. The summed E-state index contributed by atoms with van der Waals surface area (Å²) in [5.41, 5.74) is 14.2. The number of benzene rings is 8. The molecule has 3 heteroatoms. The molecule has 0 saturated carbocycles. The SMILES string of the molecule is c1ccc(-c2nc(-c3ccc(-c4ccc5sc6ccccc6c5c4)cc3)cc(-c3cccc4c3C(c3ccccc3)(c3ccccc3)c3ccccc3-4)n2)cc1. The number of hydrogen-bond acceptors (Lipinski definition) is 3. The molecule has 0 unspecified atom stereocenters. The summed E-state index contributed by atoms with van der Waals surface area (Å²) in [6.07, 6.45) is 0. The van der Waals surface area contributed by atoms with Crippen LogP contribution in [0.4, 0.5) is 0 Å². The minimum atomic E-state index is -0.556. The van der Waals surface area contributed by atoms with Crippen molar-refractivity contribution < 1.29 is 0 Å². The molecular weight excluding hydrogens is 697 g/mol. The maximum Gasteiger partial charge on any atom is 0.160 e. The molecule has 0 N–H and O–H groups in total. The zero-order valence-electron chi connectivity index (χ0n) is 30.4. The predicted octanol–water partition coefficient (Wildman–Crippen LogP) is 13.9. The van der Waals surface area contributed by atoms with Gasteiger partial charge < -0.3 is 0 Å². The lowest BCUT2D eigenvalue weighted by molar-refractivity contribution is 0.769. The molecule has 2 aromatic heterocycles. The van der Waals surface area contributed by atoms with E-state index in [1.165, 1.54) is 64.7 Å². The van der Waals surface area contributed by atoms with Gasteiger partial charge in [-0.1, -0.05) is 182 Å². The van der Waals surface area contributed by atoms with Gasteiger partial charge in [0.15, 0.2) is 5.82 Å². The summed E-state index contributed by atoms with van der Waals surface area (Å²) in [6.45, 7) is 0.